The van der Waals surface area contributed by atoms with Gasteiger partial charge in [-0.25, -0.2) is 4.98 Å². The number of fused-ring (bicyclic) bond motifs is 2. The van der Waals surface area contributed by atoms with E-state index in [0.717, 1.165) is 23.1 Å². The van der Waals surface area contributed by atoms with Crippen LogP contribution in [-0.2, 0) is 9.47 Å². The lowest BCUT2D eigenvalue weighted by molar-refractivity contribution is 0.0273. The molecule has 0 aliphatic carbocycles. The van der Waals surface area contributed by atoms with Gasteiger partial charge < -0.3 is 19.2 Å². The van der Waals surface area contributed by atoms with Crippen molar-refractivity contribution in [2.24, 2.45) is 0 Å². The maximum atomic E-state index is 6.56. The van der Waals surface area contributed by atoms with Crippen molar-refractivity contribution in [2.75, 3.05) is 13.2 Å². The number of rotatable bonds is 4. The van der Waals surface area contributed by atoms with E-state index in [1.807, 2.05) is 54.6 Å². The van der Waals surface area contributed by atoms with Crippen molar-refractivity contribution >= 4 is 34.4 Å². The summed E-state index contributed by atoms with van der Waals surface area (Å²) in [5, 5.41) is 1.24. The molecule has 0 radical (unpaired) electrons. The van der Waals surface area contributed by atoms with E-state index in [-0.39, 0.29) is 18.3 Å². The Morgan fingerprint density at radius 3 is 2.62 bits per heavy atom. The quantitative estimate of drug-likeness (QED) is 0.426. The third-order valence-corrected chi connectivity index (χ3v) is 6.43. The maximum absolute atomic E-state index is 6.56. The van der Waals surface area contributed by atoms with Gasteiger partial charge in [0.2, 0.25) is 0 Å². The first kappa shape index (κ1) is 20.0. The molecule has 8 heteroatoms. The van der Waals surface area contributed by atoms with Crippen molar-refractivity contribution in [1.29, 1.82) is 0 Å². The number of imidazole rings is 1. The summed E-state index contributed by atoms with van der Waals surface area (Å²) in [6.07, 6.45) is 0.783. The minimum absolute atomic E-state index is 0.0478. The Labute approximate surface area is 194 Å². The molecule has 0 saturated carbocycles. The molecule has 2 aromatic carbocycles. The summed E-state index contributed by atoms with van der Waals surface area (Å²) in [6.45, 7) is 1.19. The van der Waals surface area contributed by atoms with Gasteiger partial charge >= 0.3 is 0 Å². The first-order valence-corrected chi connectivity index (χ1v) is 11.2. The average molecular weight is 468 g/mol. The second-order valence-electron chi connectivity index (χ2n) is 7.97. The molecule has 0 amide bonds. The first-order valence-electron chi connectivity index (χ1n) is 10.5. The van der Waals surface area contributed by atoms with E-state index < -0.39 is 0 Å². The van der Waals surface area contributed by atoms with Gasteiger partial charge in [-0.1, -0.05) is 59.6 Å². The molecule has 6 nitrogen and oxygen atoms in total. The van der Waals surface area contributed by atoms with Crippen LogP contribution in [0.4, 0.5) is 0 Å². The van der Waals surface area contributed by atoms with E-state index in [9.17, 15) is 0 Å². The summed E-state index contributed by atoms with van der Waals surface area (Å²) in [5.41, 5.74) is 4.94. The number of aromatic nitrogens is 3. The predicted molar refractivity (Wildman–Crippen MR) is 123 cm³/mol. The van der Waals surface area contributed by atoms with Crippen molar-refractivity contribution in [3.63, 3.8) is 0 Å². The molecule has 162 valence electrons. The lowest BCUT2D eigenvalue weighted by Crippen LogP contribution is -2.32. The average Bonchev–Trinajstić information content (AvgIpc) is 3.50. The molecule has 32 heavy (non-hydrogen) atoms. The molecule has 4 heterocycles. The van der Waals surface area contributed by atoms with Crippen molar-refractivity contribution in [3.05, 3.63) is 64.6 Å². The molecule has 2 aliphatic rings. The van der Waals surface area contributed by atoms with E-state index in [2.05, 4.69) is 15.0 Å². The van der Waals surface area contributed by atoms with E-state index in [1.54, 1.807) is 0 Å². The van der Waals surface area contributed by atoms with Crippen molar-refractivity contribution in [2.45, 2.75) is 24.7 Å². The molecule has 1 unspecified atom stereocenters. The van der Waals surface area contributed by atoms with Crippen molar-refractivity contribution in [3.8, 4) is 28.4 Å². The fourth-order valence-electron chi connectivity index (χ4n) is 4.32. The highest BCUT2D eigenvalue weighted by atomic mass is 35.5. The zero-order valence-electron chi connectivity index (χ0n) is 16.9. The number of ether oxygens (including phenoxy) is 3. The Kier molecular flexibility index (Phi) is 5.03. The van der Waals surface area contributed by atoms with Gasteiger partial charge in [0.05, 0.1) is 28.9 Å². The molecule has 0 bridgehead atoms. The number of benzene rings is 2. The maximum Gasteiger partial charge on any atom is 0.296 e. The van der Waals surface area contributed by atoms with Gasteiger partial charge in [0.15, 0.2) is 11.8 Å². The Balaban J connectivity index is 1.27. The van der Waals surface area contributed by atoms with Crippen LogP contribution in [0.15, 0.2) is 54.6 Å². The summed E-state index contributed by atoms with van der Waals surface area (Å²) in [7, 11) is 0. The van der Waals surface area contributed by atoms with Crippen molar-refractivity contribution in [1.82, 2.24) is 15.0 Å². The molecule has 0 spiro atoms. The van der Waals surface area contributed by atoms with Crippen LogP contribution in [0.5, 0.6) is 6.01 Å². The van der Waals surface area contributed by atoms with Gasteiger partial charge in [-0.2, -0.15) is 4.98 Å². The van der Waals surface area contributed by atoms with Crippen LogP contribution in [0.1, 0.15) is 6.42 Å². The highest BCUT2D eigenvalue weighted by Crippen LogP contribution is 2.33. The Morgan fingerprint density at radius 2 is 1.78 bits per heavy atom. The summed E-state index contributed by atoms with van der Waals surface area (Å²) < 4.78 is 17.5. The van der Waals surface area contributed by atoms with Gasteiger partial charge in [-0.05, 0) is 35.7 Å². The molecule has 2 aliphatic heterocycles. The number of hydrogen-bond donors (Lipinski definition) is 1. The van der Waals surface area contributed by atoms with E-state index >= 15 is 0 Å². The van der Waals surface area contributed by atoms with Crippen LogP contribution in [0, 0.1) is 0 Å². The second-order valence-corrected chi connectivity index (χ2v) is 8.82. The molecule has 6 rings (SSSR count). The van der Waals surface area contributed by atoms with Crippen LogP contribution >= 0.6 is 23.2 Å². The monoisotopic (exact) mass is 467 g/mol. The lowest BCUT2D eigenvalue weighted by atomic mass is 10.0. The highest BCUT2D eigenvalue weighted by molar-refractivity contribution is 6.33. The van der Waals surface area contributed by atoms with E-state index in [0.29, 0.717) is 46.1 Å². The summed E-state index contributed by atoms with van der Waals surface area (Å²) in [5.74, 6) is 0. The third-order valence-electron chi connectivity index (χ3n) is 5.90. The number of nitrogens with one attached hydrogen (secondary N) is 1. The summed E-state index contributed by atoms with van der Waals surface area (Å²) in [6, 6.07) is 18.0. The molecular weight excluding hydrogens is 449 g/mol. The molecule has 4 aromatic rings. The number of nitrogens with zero attached hydrogens (tertiary/aromatic N) is 2. The standard InChI is InChI=1S/C24H19Cl2N3O3/c25-16-3-1-2-15(10-16)13-4-6-14(7-5-13)21-17(26)11-18-23(28-21)29-24(27-18)32-20-12-31-19-8-9-30-22(19)20/h1-7,10-11,19-20,22H,8-9,12H2,(H,27,28,29)/t19-,20?,22+/m1/s1. The van der Waals surface area contributed by atoms with E-state index in [4.69, 9.17) is 37.4 Å². The zero-order valence-corrected chi connectivity index (χ0v) is 18.4. The van der Waals surface area contributed by atoms with Crippen molar-refractivity contribution < 1.29 is 14.2 Å². The lowest BCUT2D eigenvalue weighted by Gasteiger charge is -2.15. The highest BCUT2D eigenvalue weighted by Gasteiger charge is 2.43. The van der Waals surface area contributed by atoms with Crippen LogP contribution in [0.3, 0.4) is 0 Å². The van der Waals surface area contributed by atoms with E-state index in [1.165, 1.54) is 0 Å². The topological polar surface area (TPSA) is 69.3 Å². The summed E-state index contributed by atoms with van der Waals surface area (Å²) >= 11 is 12.7. The number of halogens is 2. The largest absolute Gasteiger partial charge is 0.456 e. The van der Waals surface area contributed by atoms with Gasteiger partial charge in [0, 0.05) is 17.2 Å². The molecule has 2 aromatic heterocycles. The molecule has 2 fully saturated rings. The number of aromatic amines is 1. The predicted octanol–water partition coefficient (Wildman–Crippen LogP) is 5.53. The van der Waals surface area contributed by atoms with Crippen LogP contribution in [0.25, 0.3) is 33.5 Å². The number of pyridine rings is 1. The van der Waals surface area contributed by atoms with Crippen LogP contribution < -0.4 is 4.74 Å². The summed E-state index contributed by atoms with van der Waals surface area (Å²) in [4.78, 5) is 12.4. The minimum Gasteiger partial charge on any atom is -0.456 e. The van der Waals surface area contributed by atoms with Gasteiger partial charge in [-0.15, -0.1) is 0 Å². The number of hydrogen-bond acceptors (Lipinski definition) is 5. The SMILES string of the molecule is Clc1cccc(-c2ccc(-c3nc4nc(OC5CO[C@@H]6CCO[C@H]56)[nH]c4cc3Cl)cc2)c1. The third kappa shape index (κ3) is 3.63. The first-order chi connectivity index (χ1) is 15.6. The Bertz CT molecular complexity index is 1290. The van der Waals surface area contributed by atoms with Crippen LogP contribution in [-0.4, -0.2) is 46.5 Å². The zero-order chi connectivity index (χ0) is 21.7. The minimum atomic E-state index is -0.183. The van der Waals surface area contributed by atoms with Gasteiger partial charge in [0.25, 0.3) is 6.01 Å². The van der Waals surface area contributed by atoms with Crippen LogP contribution in [0.2, 0.25) is 10.0 Å². The Hall–Kier alpha value is -2.64. The smallest absolute Gasteiger partial charge is 0.296 e. The molecule has 3 atom stereocenters. The fourth-order valence-corrected chi connectivity index (χ4v) is 4.77. The Morgan fingerprint density at radius 1 is 0.938 bits per heavy atom. The molecule has 2 saturated heterocycles. The fraction of sp³-hybridized carbons (Fsp3) is 0.250. The normalized spacial score (nSPS) is 22.4. The molecular formula is C24H19Cl2N3O3. The van der Waals surface area contributed by atoms with Gasteiger partial charge in [-0.3, -0.25) is 0 Å². The van der Waals surface area contributed by atoms with Gasteiger partial charge in [0.1, 0.15) is 6.10 Å². The number of H-pyrrole nitrogens is 1. The molecule has 1 N–H and O–H groups in total. The second kappa shape index (κ2) is 8.05.